The van der Waals surface area contributed by atoms with E-state index in [1.54, 1.807) is 0 Å². The summed E-state index contributed by atoms with van der Waals surface area (Å²) in [6, 6.07) is 62.7. The van der Waals surface area contributed by atoms with Crippen molar-refractivity contribution in [2.24, 2.45) is 0 Å². The van der Waals surface area contributed by atoms with Gasteiger partial charge in [-0.25, -0.2) is 0 Å². The number of hydrogen-bond donors (Lipinski definition) is 0. The van der Waals surface area contributed by atoms with E-state index in [-0.39, 0.29) is 30.9 Å². The molecule has 0 unspecified atom stereocenters. The number of aromatic nitrogens is 3. The van der Waals surface area contributed by atoms with Gasteiger partial charge in [-0.3, -0.25) is 0 Å². The van der Waals surface area contributed by atoms with Crippen molar-refractivity contribution in [2.45, 2.75) is 51.4 Å². The van der Waals surface area contributed by atoms with Gasteiger partial charge in [-0.05, 0) is 85.3 Å². The molecule has 3 nitrogen and oxygen atoms in total. The van der Waals surface area contributed by atoms with Crippen LogP contribution in [0.15, 0.2) is 170 Å². The van der Waals surface area contributed by atoms with Crippen LogP contribution in [0.3, 0.4) is 0 Å². The molecule has 0 N–H and O–H groups in total. The van der Waals surface area contributed by atoms with Gasteiger partial charge in [0.1, 0.15) is 0 Å². The molecule has 0 spiro atoms. The molecule has 8 rings (SSSR count). The Balaban J connectivity index is 0.00000496. The molecule has 8 aromatic rings. The average Bonchev–Trinajstić information content (AvgIpc) is 3.24. The van der Waals surface area contributed by atoms with Crippen molar-refractivity contribution in [3.8, 4) is 56.0 Å². The Bertz CT molecular complexity index is 2410. The fourth-order valence-corrected chi connectivity index (χ4v) is 7.61. The summed E-state index contributed by atoms with van der Waals surface area (Å²) in [5.41, 5.74) is 15.0. The molecule has 0 bridgehead atoms. The molecule has 0 aliphatic heterocycles. The zero-order chi connectivity index (χ0) is 38.5. The van der Waals surface area contributed by atoms with Gasteiger partial charge in [0.15, 0.2) is 0 Å². The predicted molar refractivity (Wildman–Crippen MR) is 230 cm³/mol. The fourth-order valence-electron chi connectivity index (χ4n) is 7.61. The number of pyridine rings is 3. The van der Waals surface area contributed by atoms with Crippen LogP contribution in [0.5, 0.6) is 0 Å². The first-order valence-corrected chi connectivity index (χ1v) is 19.2. The molecular weight excluding hydrogens is 871 g/mol. The maximum atomic E-state index is 4.87. The monoisotopic (exact) mass is 915 g/mol. The molecule has 3 heterocycles. The molecule has 4 heteroatoms. The summed E-state index contributed by atoms with van der Waals surface area (Å²) in [4.78, 5) is 14.6. The molecule has 5 aromatic carbocycles. The summed E-state index contributed by atoms with van der Waals surface area (Å²) in [7, 11) is 0. The first kappa shape index (κ1) is 39.4. The summed E-state index contributed by atoms with van der Waals surface area (Å²) in [6.07, 6.45) is 7.76. The Labute approximate surface area is 351 Å². The van der Waals surface area contributed by atoms with Gasteiger partial charge in [-0.2, -0.15) is 0 Å². The van der Waals surface area contributed by atoms with Crippen molar-refractivity contribution in [3.05, 3.63) is 211 Å². The Hall–Kier alpha value is -5.80. The zero-order valence-corrected chi connectivity index (χ0v) is 35.2. The van der Waals surface area contributed by atoms with Gasteiger partial charge in [-0.15, -0.1) is 108 Å². The van der Waals surface area contributed by atoms with E-state index in [2.05, 4.69) is 137 Å². The topological polar surface area (TPSA) is 38.7 Å². The van der Waals surface area contributed by atoms with Crippen LogP contribution in [0.4, 0.5) is 0 Å². The summed E-state index contributed by atoms with van der Waals surface area (Å²) in [5.74, 6) is 0. The molecule has 0 radical (unpaired) electrons. The van der Waals surface area contributed by atoms with Crippen LogP contribution in [0.25, 0.3) is 56.0 Å². The molecular formula is C53H44IrN3. The predicted octanol–water partition coefficient (Wildman–Crippen LogP) is 12.6. The van der Waals surface area contributed by atoms with Crippen LogP contribution in [0, 0.1) is 18.2 Å². The van der Waals surface area contributed by atoms with E-state index in [4.69, 9.17) is 15.0 Å². The fraction of sp³-hybridized carbons (Fsp3) is 0.151. The van der Waals surface area contributed by atoms with Crippen LogP contribution < -0.4 is 0 Å². The Kier molecular flexibility index (Phi) is 11.9. The SMILES string of the molecule is CC(C)(Cc1cc(CC(C)(C)c2ccc(-c3[c-]cccc3)nc2)cc(-c2ccccc2-c2ccc(-c3[c-]cccc3)nc2)c1)c1ccc(-c2[c-]cccc2)nc1.[Ir+3]. The van der Waals surface area contributed by atoms with Gasteiger partial charge < -0.3 is 15.0 Å². The van der Waals surface area contributed by atoms with Gasteiger partial charge in [0.25, 0.3) is 0 Å². The van der Waals surface area contributed by atoms with Crippen LogP contribution >= 0.6 is 0 Å². The second kappa shape index (κ2) is 17.1. The summed E-state index contributed by atoms with van der Waals surface area (Å²) < 4.78 is 0. The second-order valence-corrected chi connectivity index (χ2v) is 15.8. The number of rotatable bonds is 11. The smallest absolute Gasteiger partial charge is 0.304 e. The van der Waals surface area contributed by atoms with Crippen molar-refractivity contribution in [3.63, 3.8) is 0 Å². The van der Waals surface area contributed by atoms with E-state index in [0.29, 0.717) is 0 Å². The molecule has 0 amide bonds. The van der Waals surface area contributed by atoms with Gasteiger partial charge in [0, 0.05) is 18.6 Å². The molecule has 0 aliphatic carbocycles. The minimum atomic E-state index is -0.167. The molecule has 0 fully saturated rings. The first-order valence-electron chi connectivity index (χ1n) is 19.2. The van der Waals surface area contributed by atoms with Crippen molar-refractivity contribution >= 4 is 0 Å². The molecule has 57 heavy (non-hydrogen) atoms. The van der Waals surface area contributed by atoms with Gasteiger partial charge in [0.2, 0.25) is 0 Å². The standard InChI is InChI=1S/C53H44N3.Ir/c1-52(2,45-25-28-50(55-36-45)41-18-10-6-11-19-41)33-38-30-39(34-53(3,4)46-26-29-51(56-37-46)42-20-12-7-13-21-42)32-44(31-38)48-23-15-14-22-47(48)43-24-27-49(54-35-43)40-16-8-5-9-17-40;/h5-16,18,20,22-32,35-37H,33-34H2,1-4H3;/q-3;+3. The minimum absolute atomic E-state index is 0. The minimum Gasteiger partial charge on any atom is -0.304 e. The van der Waals surface area contributed by atoms with E-state index in [0.717, 1.165) is 57.7 Å². The molecule has 280 valence electrons. The number of hydrogen-bond acceptors (Lipinski definition) is 3. The number of nitrogens with zero attached hydrogens (tertiary/aromatic N) is 3. The summed E-state index contributed by atoms with van der Waals surface area (Å²) in [6.45, 7) is 9.27. The Morgan fingerprint density at radius 1 is 0.421 bits per heavy atom. The third kappa shape index (κ3) is 9.10. The van der Waals surface area contributed by atoms with E-state index >= 15 is 0 Å². The van der Waals surface area contributed by atoms with Crippen LogP contribution in [-0.4, -0.2) is 15.0 Å². The third-order valence-corrected chi connectivity index (χ3v) is 10.7. The second-order valence-electron chi connectivity index (χ2n) is 15.8. The average molecular weight is 915 g/mol. The maximum Gasteiger partial charge on any atom is 3.00 e. The van der Waals surface area contributed by atoms with Crippen LogP contribution in [-0.2, 0) is 43.8 Å². The normalized spacial score (nSPS) is 11.5. The number of benzene rings is 5. The van der Waals surface area contributed by atoms with Crippen LogP contribution in [0.1, 0.15) is 49.9 Å². The molecule has 0 saturated heterocycles. The van der Waals surface area contributed by atoms with Gasteiger partial charge >= 0.3 is 20.1 Å². The summed E-state index contributed by atoms with van der Waals surface area (Å²) >= 11 is 0. The van der Waals surface area contributed by atoms with E-state index < -0.39 is 0 Å². The first-order chi connectivity index (χ1) is 27.2. The quantitative estimate of drug-likeness (QED) is 0.121. The largest absolute Gasteiger partial charge is 3.00 e. The van der Waals surface area contributed by atoms with Crippen molar-refractivity contribution in [1.82, 2.24) is 15.0 Å². The maximum absolute atomic E-state index is 4.87. The van der Waals surface area contributed by atoms with Gasteiger partial charge in [0.05, 0.1) is 0 Å². The van der Waals surface area contributed by atoms with Gasteiger partial charge in [-0.1, -0.05) is 107 Å². The van der Waals surface area contributed by atoms with Crippen molar-refractivity contribution in [2.75, 3.05) is 0 Å². The third-order valence-electron chi connectivity index (χ3n) is 10.7. The van der Waals surface area contributed by atoms with Crippen molar-refractivity contribution < 1.29 is 20.1 Å². The molecule has 0 atom stereocenters. The zero-order valence-electron chi connectivity index (χ0n) is 32.8. The van der Waals surface area contributed by atoms with E-state index in [1.165, 1.54) is 33.4 Å². The Morgan fingerprint density at radius 2 is 0.825 bits per heavy atom. The van der Waals surface area contributed by atoms with Crippen LogP contribution in [0.2, 0.25) is 0 Å². The Morgan fingerprint density at radius 3 is 1.19 bits per heavy atom. The molecule has 0 aliphatic rings. The van der Waals surface area contributed by atoms with E-state index in [1.807, 2.05) is 79.3 Å². The van der Waals surface area contributed by atoms with E-state index in [9.17, 15) is 0 Å². The molecule has 3 aromatic heterocycles. The molecule has 0 saturated carbocycles. The summed E-state index contributed by atoms with van der Waals surface area (Å²) in [5, 5.41) is 0. The van der Waals surface area contributed by atoms with Crippen molar-refractivity contribution in [1.29, 1.82) is 0 Å².